The van der Waals surface area contributed by atoms with E-state index in [4.69, 9.17) is 22.4 Å². The molecule has 0 fully saturated rings. The molecule has 2 aromatic rings. The zero-order chi connectivity index (χ0) is 20.8. The molecular formula is C22H26N4O2S. The van der Waals surface area contributed by atoms with Crippen molar-refractivity contribution in [2.45, 2.75) is 46.5 Å². The minimum atomic E-state index is -0.0940. The predicted molar refractivity (Wildman–Crippen MR) is 118 cm³/mol. The molecule has 152 valence electrons. The van der Waals surface area contributed by atoms with Gasteiger partial charge in [0, 0.05) is 29.8 Å². The van der Waals surface area contributed by atoms with Crippen molar-refractivity contribution < 1.29 is 9.21 Å². The standard InChI is InChI=1S/C22H26N4O2S/c1-13-18-15(24-25-21(23)29)11-22(2,3)12-17(18)28-19(13)20(27)26-10-6-8-14-7-4-5-9-16(14)26/h4-5,7,9H,6,8,10-12H2,1-3H3,(H3,23,25,29)/b24-15-. The average Bonchev–Trinajstić information content (AvgIpc) is 3.00. The fourth-order valence-electron chi connectivity index (χ4n) is 4.40. The van der Waals surface area contributed by atoms with Gasteiger partial charge in [0.05, 0.1) is 5.71 Å². The van der Waals surface area contributed by atoms with Crippen molar-refractivity contribution in [3.8, 4) is 0 Å². The van der Waals surface area contributed by atoms with Crippen LogP contribution in [0.2, 0.25) is 0 Å². The Balaban J connectivity index is 1.75. The number of nitrogens with two attached hydrogens (primary N) is 1. The van der Waals surface area contributed by atoms with E-state index in [0.717, 1.165) is 54.0 Å². The maximum Gasteiger partial charge on any atom is 0.294 e. The van der Waals surface area contributed by atoms with E-state index in [9.17, 15) is 4.79 Å². The van der Waals surface area contributed by atoms with Crippen LogP contribution in [0.4, 0.5) is 5.69 Å². The highest BCUT2D eigenvalue weighted by atomic mass is 32.1. The summed E-state index contributed by atoms with van der Waals surface area (Å²) < 4.78 is 6.18. The molecule has 0 radical (unpaired) electrons. The van der Waals surface area contributed by atoms with Gasteiger partial charge >= 0.3 is 0 Å². The Morgan fingerprint density at radius 2 is 2.07 bits per heavy atom. The molecule has 3 N–H and O–H groups in total. The van der Waals surface area contributed by atoms with Crippen molar-refractivity contribution in [2.24, 2.45) is 16.3 Å². The van der Waals surface area contributed by atoms with Gasteiger partial charge in [0.1, 0.15) is 5.76 Å². The summed E-state index contributed by atoms with van der Waals surface area (Å²) in [7, 11) is 0. The van der Waals surface area contributed by atoms with E-state index in [1.165, 1.54) is 5.56 Å². The third kappa shape index (κ3) is 3.67. The Morgan fingerprint density at radius 1 is 1.31 bits per heavy atom. The number of carbonyl (C=O) groups is 1. The summed E-state index contributed by atoms with van der Waals surface area (Å²) in [6.45, 7) is 6.94. The fraction of sp³-hybridized carbons (Fsp3) is 0.409. The summed E-state index contributed by atoms with van der Waals surface area (Å²) in [6, 6.07) is 8.08. The first-order valence-corrected chi connectivity index (χ1v) is 10.3. The van der Waals surface area contributed by atoms with E-state index in [-0.39, 0.29) is 16.4 Å². The summed E-state index contributed by atoms with van der Waals surface area (Å²) >= 11 is 4.90. The molecular weight excluding hydrogens is 384 g/mol. The van der Waals surface area contributed by atoms with Gasteiger partial charge in [0.2, 0.25) is 0 Å². The van der Waals surface area contributed by atoms with Gasteiger partial charge in [0.15, 0.2) is 10.9 Å². The molecule has 1 amide bonds. The fourth-order valence-corrected chi connectivity index (χ4v) is 4.45. The monoisotopic (exact) mass is 410 g/mol. The van der Waals surface area contributed by atoms with Crippen LogP contribution in [0, 0.1) is 12.3 Å². The van der Waals surface area contributed by atoms with Crippen molar-refractivity contribution in [2.75, 3.05) is 11.4 Å². The number of rotatable bonds is 2. The molecule has 1 aromatic carbocycles. The predicted octanol–water partition coefficient (Wildman–Crippen LogP) is 3.69. The molecule has 0 saturated heterocycles. The van der Waals surface area contributed by atoms with Crippen LogP contribution in [0.15, 0.2) is 33.8 Å². The van der Waals surface area contributed by atoms with Gasteiger partial charge in [-0.1, -0.05) is 32.0 Å². The van der Waals surface area contributed by atoms with Crippen LogP contribution in [-0.4, -0.2) is 23.3 Å². The quantitative estimate of drug-likeness (QED) is 0.583. The van der Waals surface area contributed by atoms with Gasteiger partial charge < -0.3 is 15.1 Å². The number of furan rings is 1. The molecule has 2 heterocycles. The molecule has 2 aliphatic rings. The summed E-state index contributed by atoms with van der Waals surface area (Å²) in [5, 5.41) is 4.53. The minimum absolute atomic E-state index is 0.0356. The van der Waals surface area contributed by atoms with E-state index in [0.29, 0.717) is 12.3 Å². The maximum absolute atomic E-state index is 13.5. The first-order valence-electron chi connectivity index (χ1n) is 9.91. The van der Waals surface area contributed by atoms with E-state index < -0.39 is 0 Å². The maximum atomic E-state index is 13.5. The zero-order valence-corrected chi connectivity index (χ0v) is 17.9. The smallest absolute Gasteiger partial charge is 0.294 e. The number of nitrogens with zero attached hydrogens (tertiary/aromatic N) is 2. The van der Waals surface area contributed by atoms with Gasteiger partial charge in [-0.05, 0) is 55.4 Å². The van der Waals surface area contributed by atoms with Crippen LogP contribution in [0.3, 0.4) is 0 Å². The Hall–Kier alpha value is -2.67. The lowest BCUT2D eigenvalue weighted by molar-refractivity contribution is 0.0954. The molecule has 29 heavy (non-hydrogen) atoms. The molecule has 0 bridgehead atoms. The SMILES string of the molecule is Cc1c(C(=O)N2CCCc3ccccc32)oc2c1/C(=N\NC(N)=S)CC(C)(C)C2. The number of fused-ring (bicyclic) bond motifs is 2. The van der Waals surface area contributed by atoms with Gasteiger partial charge in [-0.3, -0.25) is 10.2 Å². The van der Waals surface area contributed by atoms with Crippen molar-refractivity contribution in [3.63, 3.8) is 0 Å². The third-order valence-electron chi connectivity index (χ3n) is 5.64. The number of amides is 1. The van der Waals surface area contributed by atoms with Gasteiger partial charge in [-0.2, -0.15) is 5.10 Å². The number of thiocarbonyl (C=S) groups is 1. The van der Waals surface area contributed by atoms with Gasteiger partial charge in [-0.25, -0.2) is 0 Å². The number of hydrogen-bond donors (Lipinski definition) is 2. The van der Waals surface area contributed by atoms with Crippen LogP contribution in [0.25, 0.3) is 0 Å². The lowest BCUT2D eigenvalue weighted by Crippen LogP contribution is -2.35. The summed E-state index contributed by atoms with van der Waals surface area (Å²) in [6.07, 6.45) is 3.43. The molecule has 1 aromatic heterocycles. The second kappa shape index (κ2) is 7.30. The molecule has 0 spiro atoms. The molecule has 7 heteroatoms. The van der Waals surface area contributed by atoms with Crippen molar-refractivity contribution in [1.29, 1.82) is 0 Å². The molecule has 1 aliphatic heterocycles. The Bertz CT molecular complexity index is 1020. The number of aryl methyl sites for hydroxylation is 1. The zero-order valence-electron chi connectivity index (χ0n) is 17.0. The third-order valence-corrected chi connectivity index (χ3v) is 5.74. The summed E-state index contributed by atoms with van der Waals surface area (Å²) in [5.74, 6) is 1.10. The van der Waals surface area contributed by atoms with E-state index in [1.54, 1.807) is 0 Å². The summed E-state index contributed by atoms with van der Waals surface area (Å²) in [4.78, 5) is 15.3. The number of carbonyl (C=O) groups excluding carboxylic acids is 1. The second-order valence-electron chi connectivity index (χ2n) is 8.60. The van der Waals surface area contributed by atoms with Crippen LogP contribution in [0.5, 0.6) is 0 Å². The first-order chi connectivity index (χ1) is 13.8. The molecule has 0 atom stereocenters. The normalized spacial score (nSPS) is 18.9. The largest absolute Gasteiger partial charge is 0.455 e. The number of benzene rings is 1. The van der Waals surface area contributed by atoms with Gasteiger partial charge in [0.25, 0.3) is 5.91 Å². The summed E-state index contributed by atoms with van der Waals surface area (Å²) in [5.41, 5.74) is 12.9. The molecule has 0 unspecified atom stereocenters. The average molecular weight is 411 g/mol. The molecule has 1 aliphatic carbocycles. The minimum Gasteiger partial charge on any atom is -0.455 e. The van der Waals surface area contributed by atoms with E-state index in [2.05, 4.69) is 30.4 Å². The molecule has 4 rings (SSSR count). The highest BCUT2D eigenvalue weighted by Gasteiger charge is 2.37. The van der Waals surface area contributed by atoms with Crippen molar-refractivity contribution in [3.05, 3.63) is 52.5 Å². The van der Waals surface area contributed by atoms with E-state index >= 15 is 0 Å². The van der Waals surface area contributed by atoms with E-state index in [1.807, 2.05) is 30.0 Å². The highest BCUT2D eigenvalue weighted by Crippen LogP contribution is 2.39. The van der Waals surface area contributed by atoms with Crippen LogP contribution < -0.4 is 16.1 Å². The first kappa shape index (κ1) is 19.6. The second-order valence-corrected chi connectivity index (χ2v) is 9.04. The molecule has 0 saturated carbocycles. The Kier molecular flexibility index (Phi) is 4.94. The van der Waals surface area contributed by atoms with Crippen LogP contribution in [0.1, 0.15) is 59.7 Å². The van der Waals surface area contributed by atoms with Gasteiger partial charge in [-0.15, -0.1) is 0 Å². The lowest BCUT2D eigenvalue weighted by atomic mass is 9.75. The number of hydrogen-bond acceptors (Lipinski definition) is 4. The topological polar surface area (TPSA) is 83.9 Å². The van der Waals surface area contributed by atoms with Crippen LogP contribution >= 0.6 is 12.2 Å². The number of hydrazone groups is 1. The Labute approximate surface area is 176 Å². The van der Waals surface area contributed by atoms with Crippen LogP contribution in [-0.2, 0) is 12.8 Å². The van der Waals surface area contributed by atoms with Crippen molar-refractivity contribution in [1.82, 2.24) is 5.43 Å². The number of nitrogens with one attached hydrogen (secondary N) is 1. The molecule has 6 nitrogen and oxygen atoms in total. The van der Waals surface area contributed by atoms with Crippen molar-refractivity contribution >= 4 is 34.6 Å². The lowest BCUT2D eigenvalue weighted by Gasteiger charge is -2.29. The highest BCUT2D eigenvalue weighted by molar-refractivity contribution is 7.80. The number of anilines is 1. The number of para-hydroxylation sites is 1. The Morgan fingerprint density at radius 3 is 2.83 bits per heavy atom.